The predicted octanol–water partition coefficient (Wildman–Crippen LogP) is 3.36. The van der Waals surface area contributed by atoms with Crippen molar-refractivity contribution in [2.75, 3.05) is 25.6 Å². The number of hydrogen-bond acceptors (Lipinski definition) is 6. The van der Waals surface area contributed by atoms with E-state index < -0.39 is 18.5 Å². The summed E-state index contributed by atoms with van der Waals surface area (Å²) in [5, 5.41) is 11.8. The second-order valence-corrected chi connectivity index (χ2v) is 5.95. The number of phenolic OH excluding ortho intramolecular Hbond substituents is 1. The van der Waals surface area contributed by atoms with Crippen LogP contribution in [0.2, 0.25) is 0 Å². The SMILES string of the molecule is CCOc1c(Br)cc(C(=O)OCC(=O)Nc2ccc(O)cc2)cc1OC. The van der Waals surface area contributed by atoms with Crippen LogP contribution in [0.25, 0.3) is 0 Å². The molecule has 0 saturated heterocycles. The van der Waals surface area contributed by atoms with Gasteiger partial charge in [-0.15, -0.1) is 0 Å². The van der Waals surface area contributed by atoms with Crippen LogP contribution < -0.4 is 14.8 Å². The van der Waals surface area contributed by atoms with Gasteiger partial charge >= 0.3 is 5.97 Å². The quantitative estimate of drug-likeness (QED) is 0.523. The van der Waals surface area contributed by atoms with E-state index in [4.69, 9.17) is 14.2 Å². The average Bonchev–Trinajstić information content (AvgIpc) is 2.63. The third-order valence-corrected chi connectivity index (χ3v) is 3.83. The van der Waals surface area contributed by atoms with E-state index in [1.807, 2.05) is 6.92 Å². The van der Waals surface area contributed by atoms with E-state index in [0.717, 1.165) is 0 Å². The van der Waals surface area contributed by atoms with Crippen molar-refractivity contribution in [3.8, 4) is 17.2 Å². The van der Waals surface area contributed by atoms with E-state index in [-0.39, 0.29) is 11.3 Å². The van der Waals surface area contributed by atoms with Crippen molar-refractivity contribution >= 4 is 33.5 Å². The van der Waals surface area contributed by atoms with Crippen molar-refractivity contribution in [3.63, 3.8) is 0 Å². The Kier molecular flexibility index (Phi) is 6.85. The number of esters is 1. The largest absolute Gasteiger partial charge is 0.508 e. The van der Waals surface area contributed by atoms with Crippen LogP contribution >= 0.6 is 15.9 Å². The number of carbonyl (C=O) groups is 2. The number of rotatable bonds is 7. The lowest BCUT2D eigenvalue weighted by Gasteiger charge is -2.13. The summed E-state index contributed by atoms with van der Waals surface area (Å²) < 4.78 is 16.2. The molecule has 7 nitrogen and oxygen atoms in total. The maximum absolute atomic E-state index is 12.2. The van der Waals surface area contributed by atoms with Gasteiger partial charge in [-0.2, -0.15) is 0 Å². The van der Waals surface area contributed by atoms with Crippen LogP contribution in [-0.4, -0.2) is 37.3 Å². The van der Waals surface area contributed by atoms with E-state index in [9.17, 15) is 14.7 Å². The fourth-order valence-electron chi connectivity index (χ4n) is 2.08. The van der Waals surface area contributed by atoms with E-state index in [0.29, 0.717) is 28.3 Å². The Morgan fingerprint density at radius 1 is 1.19 bits per heavy atom. The van der Waals surface area contributed by atoms with Crippen molar-refractivity contribution in [3.05, 3.63) is 46.4 Å². The summed E-state index contributed by atoms with van der Waals surface area (Å²) in [7, 11) is 1.46. The number of aromatic hydroxyl groups is 1. The molecule has 0 fully saturated rings. The highest BCUT2D eigenvalue weighted by Gasteiger charge is 2.17. The standard InChI is InChI=1S/C18H18BrNO6/c1-3-25-17-14(19)8-11(9-15(17)24-2)18(23)26-10-16(22)20-12-4-6-13(21)7-5-12/h4-9,21H,3,10H2,1-2H3,(H,20,22). The maximum atomic E-state index is 12.2. The molecule has 2 aromatic rings. The predicted molar refractivity (Wildman–Crippen MR) is 98.9 cm³/mol. The number of benzene rings is 2. The lowest BCUT2D eigenvalue weighted by atomic mass is 10.2. The van der Waals surface area contributed by atoms with Crippen LogP contribution in [0.15, 0.2) is 40.9 Å². The lowest BCUT2D eigenvalue weighted by Crippen LogP contribution is -2.21. The molecule has 0 bridgehead atoms. The molecule has 0 aliphatic carbocycles. The fraction of sp³-hybridized carbons (Fsp3) is 0.222. The fourth-order valence-corrected chi connectivity index (χ4v) is 2.63. The minimum atomic E-state index is -0.673. The van der Waals surface area contributed by atoms with Crippen molar-refractivity contribution in [1.29, 1.82) is 0 Å². The monoisotopic (exact) mass is 423 g/mol. The van der Waals surface area contributed by atoms with Gasteiger partial charge in [0.2, 0.25) is 0 Å². The van der Waals surface area contributed by atoms with Gasteiger partial charge in [-0.3, -0.25) is 4.79 Å². The number of ether oxygens (including phenoxy) is 3. The van der Waals surface area contributed by atoms with Crippen molar-refractivity contribution in [2.24, 2.45) is 0 Å². The van der Waals surface area contributed by atoms with E-state index in [1.54, 1.807) is 0 Å². The summed E-state index contributed by atoms with van der Waals surface area (Å²) in [5.41, 5.74) is 0.698. The number of nitrogens with one attached hydrogen (secondary N) is 1. The summed E-state index contributed by atoms with van der Waals surface area (Å²) in [5.74, 6) is -0.225. The number of hydrogen-bond donors (Lipinski definition) is 2. The van der Waals surface area contributed by atoms with Gasteiger partial charge in [0.15, 0.2) is 18.1 Å². The van der Waals surface area contributed by atoms with E-state index >= 15 is 0 Å². The third kappa shape index (κ3) is 5.13. The first-order chi connectivity index (χ1) is 12.4. The first-order valence-electron chi connectivity index (χ1n) is 7.71. The van der Waals surface area contributed by atoms with Crippen LogP contribution in [-0.2, 0) is 9.53 Å². The second-order valence-electron chi connectivity index (χ2n) is 5.09. The van der Waals surface area contributed by atoms with Crippen LogP contribution in [0.5, 0.6) is 17.2 Å². The van der Waals surface area contributed by atoms with E-state index in [1.165, 1.54) is 43.5 Å². The van der Waals surface area contributed by atoms with Gasteiger partial charge < -0.3 is 24.6 Å². The Morgan fingerprint density at radius 2 is 1.88 bits per heavy atom. The average molecular weight is 424 g/mol. The zero-order valence-corrected chi connectivity index (χ0v) is 15.8. The molecule has 0 aliphatic heterocycles. The molecule has 0 radical (unpaired) electrons. The molecule has 8 heteroatoms. The smallest absolute Gasteiger partial charge is 0.338 e. The summed E-state index contributed by atoms with van der Waals surface area (Å²) >= 11 is 3.33. The van der Waals surface area contributed by atoms with Gasteiger partial charge in [0.1, 0.15) is 5.75 Å². The number of amides is 1. The van der Waals surface area contributed by atoms with Gasteiger partial charge in [-0.1, -0.05) is 0 Å². The van der Waals surface area contributed by atoms with Gasteiger partial charge in [-0.05, 0) is 59.3 Å². The maximum Gasteiger partial charge on any atom is 0.338 e. The van der Waals surface area contributed by atoms with Crippen LogP contribution in [0.1, 0.15) is 17.3 Å². The van der Waals surface area contributed by atoms with Crippen LogP contribution in [0.3, 0.4) is 0 Å². The number of anilines is 1. The summed E-state index contributed by atoms with van der Waals surface area (Å²) in [6, 6.07) is 8.95. The molecule has 2 aromatic carbocycles. The molecule has 0 aliphatic rings. The Balaban J connectivity index is 1.99. The van der Waals surface area contributed by atoms with Crippen LogP contribution in [0, 0.1) is 0 Å². The number of methoxy groups -OCH3 is 1. The summed E-state index contributed by atoms with van der Waals surface area (Å²) in [6.45, 7) is 1.82. The Hall–Kier alpha value is -2.74. The molecule has 2 N–H and O–H groups in total. The molecule has 26 heavy (non-hydrogen) atoms. The lowest BCUT2D eigenvalue weighted by molar-refractivity contribution is -0.119. The third-order valence-electron chi connectivity index (χ3n) is 3.24. The van der Waals surface area contributed by atoms with Crippen molar-refractivity contribution in [2.45, 2.75) is 6.92 Å². The Morgan fingerprint density at radius 3 is 2.50 bits per heavy atom. The molecule has 1 amide bonds. The highest BCUT2D eigenvalue weighted by Crippen LogP contribution is 2.36. The van der Waals surface area contributed by atoms with E-state index in [2.05, 4.69) is 21.2 Å². The molecule has 0 unspecified atom stereocenters. The first-order valence-corrected chi connectivity index (χ1v) is 8.50. The highest BCUT2D eigenvalue weighted by atomic mass is 79.9. The molecule has 0 heterocycles. The number of phenols is 1. The zero-order chi connectivity index (χ0) is 19.1. The molecule has 0 atom stereocenters. The molecule has 138 valence electrons. The molecular formula is C18H18BrNO6. The van der Waals surface area contributed by atoms with Gasteiger partial charge in [0.05, 0.1) is 23.8 Å². The van der Waals surface area contributed by atoms with Gasteiger partial charge in [0, 0.05) is 5.69 Å². The molecule has 0 spiro atoms. The molecule has 0 saturated carbocycles. The van der Waals surface area contributed by atoms with Gasteiger partial charge in [0.25, 0.3) is 5.91 Å². The molecular weight excluding hydrogens is 406 g/mol. The molecule has 0 aromatic heterocycles. The Bertz CT molecular complexity index is 791. The summed E-state index contributed by atoms with van der Waals surface area (Å²) in [4.78, 5) is 24.0. The molecule has 2 rings (SSSR count). The Labute approximate surface area is 159 Å². The topological polar surface area (TPSA) is 94.1 Å². The second kappa shape index (κ2) is 9.10. The first kappa shape index (κ1) is 19.6. The zero-order valence-electron chi connectivity index (χ0n) is 14.2. The van der Waals surface area contributed by atoms with Gasteiger partial charge in [-0.25, -0.2) is 4.79 Å². The van der Waals surface area contributed by atoms with Crippen LogP contribution in [0.4, 0.5) is 5.69 Å². The number of carbonyl (C=O) groups excluding carboxylic acids is 2. The minimum absolute atomic E-state index is 0.0875. The normalized spacial score (nSPS) is 10.1. The minimum Gasteiger partial charge on any atom is -0.508 e. The highest BCUT2D eigenvalue weighted by molar-refractivity contribution is 9.10. The van der Waals surface area contributed by atoms with Crippen molar-refractivity contribution < 1.29 is 28.9 Å². The number of halogens is 1. The van der Waals surface area contributed by atoms with Crippen molar-refractivity contribution in [1.82, 2.24) is 0 Å². The summed E-state index contributed by atoms with van der Waals surface area (Å²) in [6.07, 6.45) is 0.